The van der Waals surface area contributed by atoms with E-state index in [0.29, 0.717) is 6.04 Å². The Morgan fingerprint density at radius 2 is 1.69 bits per heavy atom. The number of aryl methyl sites for hydroxylation is 2. The summed E-state index contributed by atoms with van der Waals surface area (Å²) in [6.45, 7) is 3.90. The lowest BCUT2D eigenvalue weighted by Gasteiger charge is -2.09. The van der Waals surface area contributed by atoms with Gasteiger partial charge in [0.05, 0.1) is 35.3 Å². The second-order valence-corrected chi connectivity index (χ2v) is 9.80. The van der Waals surface area contributed by atoms with Crippen LogP contribution in [0.2, 0.25) is 0 Å². The van der Waals surface area contributed by atoms with Crippen molar-refractivity contribution in [3.8, 4) is 33.6 Å². The molecule has 4 heterocycles. The van der Waals surface area contributed by atoms with Crippen molar-refractivity contribution in [2.45, 2.75) is 45.1 Å². The number of nitrogens with two attached hydrogens (primary N) is 1. The van der Waals surface area contributed by atoms with Crippen molar-refractivity contribution in [3.05, 3.63) is 72.2 Å². The Labute approximate surface area is 211 Å². The first-order chi connectivity index (χ1) is 17.7. The van der Waals surface area contributed by atoms with Gasteiger partial charge >= 0.3 is 0 Å². The Kier molecular flexibility index (Phi) is 6.17. The second kappa shape index (κ2) is 9.76. The molecule has 6 rings (SSSR count). The molecule has 6 N–H and O–H groups in total. The van der Waals surface area contributed by atoms with E-state index in [0.717, 1.165) is 84.1 Å². The topological polar surface area (TPSA) is 111 Å². The predicted molar refractivity (Wildman–Crippen MR) is 146 cm³/mol. The minimum Gasteiger partial charge on any atom is -0.358 e. The van der Waals surface area contributed by atoms with Gasteiger partial charge in [0.1, 0.15) is 11.6 Å². The van der Waals surface area contributed by atoms with Crippen molar-refractivity contribution in [2.75, 3.05) is 13.1 Å². The molecular weight excluding hydrogens is 446 g/mol. The minimum atomic E-state index is 0.328. The zero-order valence-corrected chi connectivity index (χ0v) is 20.7. The molecule has 0 spiro atoms. The van der Waals surface area contributed by atoms with Crippen molar-refractivity contribution in [1.29, 1.82) is 0 Å². The zero-order chi connectivity index (χ0) is 24.5. The molecule has 1 unspecified atom stereocenters. The third-order valence-corrected chi connectivity index (χ3v) is 7.21. The molecule has 3 aromatic heterocycles. The maximum atomic E-state index is 5.61. The van der Waals surface area contributed by atoms with E-state index < -0.39 is 0 Å². The second-order valence-electron chi connectivity index (χ2n) is 9.80. The smallest absolute Gasteiger partial charge is 0.123 e. The molecule has 1 atom stereocenters. The van der Waals surface area contributed by atoms with Crippen molar-refractivity contribution >= 4 is 10.9 Å². The summed E-state index contributed by atoms with van der Waals surface area (Å²) in [6.07, 6.45) is 9.23. The normalized spacial score (nSPS) is 15.8. The Hall–Kier alpha value is -3.68. The van der Waals surface area contributed by atoms with Gasteiger partial charge in [-0.05, 0) is 68.5 Å². The fourth-order valence-corrected chi connectivity index (χ4v) is 5.30. The largest absolute Gasteiger partial charge is 0.358 e. The molecule has 5 aromatic rings. The third kappa shape index (κ3) is 4.36. The van der Waals surface area contributed by atoms with Crippen molar-refractivity contribution in [1.82, 2.24) is 30.2 Å². The van der Waals surface area contributed by atoms with Crippen LogP contribution in [0, 0.1) is 6.92 Å². The van der Waals surface area contributed by atoms with E-state index in [1.165, 1.54) is 22.9 Å². The Bertz CT molecular complexity index is 1470. The number of aromatic nitrogens is 5. The Morgan fingerprint density at radius 3 is 2.50 bits per heavy atom. The molecule has 0 amide bonds. The average molecular weight is 480 g/mol. The highest BCUT2D eigenvalue weighted by molar-refractivity contribution is 6.03. The van der Waals surface area contributed by atoms with Gasteiger partial charge < -0.3 is 26.0 Å². The molecule has 1 saturated heterocycles. The average Bonchev–Trinajstić information content (AvgIpc) is 3.70. The molecule has 7 nitrogen and oxygen atoms in total. The van der Waals surface area contributed by atoms with Gasteiger partial charge in [-0.1, -0.05) is 36.4 Å². The van der Waals surface area contributed by atoms with Gasteiger partial charge in [-0.3, -0.25) is 0 Å². The molecule has 0 radical (unpaired) electrons. The third-order valence-electron chi connectivity index (χ3n) is 7.21. The van der Waals surface area contributed by atoms with E-state index in [2.05, 4.69) is 79.6 Å². The molecule has 0 saturated carbocycles. The summed E-state index contributed by atoms with van der Waals surface area (Å²) in [5, 5.41) is 4.75. The fraction of sp³-hybridized carbons (Fsp3) is 0.310. The summed E-state index contributed by atoms with van der Waals surface area (Å²) in [5.74, 6) is 2.05. The van der Waals surface area contributed by atoms with Crippen LogP contribution >= 0.6 is 0 Å². The Balaban J connectivity index is 1.29. The van der Waals surface area contributed by atoms with E-state index in [1.54, 1.807) is 0 Å². The molecule has 0 aliphatic carbocycles. The van der Waals surface area contributed by atoms with E-state index in [1.807, 2.05) is 12.4 Å². The van der Waals surface area contributed by atoms with Crippen LogP contribution < -0.4 is 11.1 Å². The van der Waals surface area contributed by atoms with E-state index >= 15 is 0 Å². The number of hydrogen-bond donors (Lipinski definition) is 5. The summed E-state index contributed by atoms with van der Waals surface area (Å²) in [4.78, 5) is 19.8. The number of fused-ring (bicyclic) bond motifs is 1. The number of nitrogens with one attached hydrogen (secondary N) is 4. The number of imidazole rings is 2. The quantitative estimate of drug-likeness (QED) is 0.186. The first-order valence-corrected chi connectivity index (χ1v) is 13.0. The number of unbranched alkanes of at least 4 members (excludes halogenated alkanes) is 1. The van der Waals surface area contributed by atoms with Gasteiger partial charge in [0.15, 0.2) is 0 Å². The molecule has 184 valence electrons. The zero-order valence-electron chi connectivity index (χ0n) is 20.7. The van der Waals surface area contributed by atoms with Crippen molar-refractivity contribution in [3.63, 3.8) is 0 Å². The maximum Gasteiger partial charge on any atom is 0.123 e. The highest BCUT2D eigenvalue weighted by Gasteiger charge is 2.20. The highest BCUT2D eigenvalue weighted by atomic mass is 15.0. The number of aromatic amines is 3. The van der Waals surface area contributed by atoms with Crippen molar-refractivity contribution in [2.24, 2.45) is 5.73 Å². The molecule has 1 aliphatic rings. The molecule has 2 aromatic carbocycles. The number of rotatable bonds is 8. The van der Waals surface area contributed by atoms with Crippen LogP contribution in [0.4, 0.5) is 0 Å². The van der Waals surface area contributed by atoms with Crippen LogP contribution in [0.5, 0.6) is 0 Å². The summed E-state index contributed by atoms with van der Waals surface area (Å²) >= 11 is 0. The van der Waals surface area contributed by atoms with Crippen LogP contribution in [-0.4, -0.2) is 38.0 Å². The minimum absolute atomic E-state index is 0.328. The molecule has 7 heteroatoms. The van der Waals surface area contributed by atoms with Gasteiger partial charge in [-0.25, -0.2) is 9.97 Å². The first-order valence-electron chi connectivity index (χ1n) is 13.0. The van der Waals surface area contributed by atoms with E-state index in [4.69, 9.17) is 5.73 Å². The summed E-state index contributed by atoms with van der Waals surface area (Å²) in [6, 6.07) is 15.7. The SMILES string of the molecule is Cc1cc2c(-c3ccc(-c4cnc(CCCCN)[nH]4)cc3)ccc(-c3cnc(C4CCCN4)[nH]3)c2[nH]1. The van der Waals surface area contributed by atoms with Gasteiger partial charge in [0, 0.05) is 23.1 Å². The number of nitrogens with zero attached hydrogens (tertiary/aromatic N) is 2. The first kappa shape index (κ1) is 22.8. The summed E-state index contributed by atoms with van der Waals surface area (Å²) < 4.78 is 0. The lowest BCUT2D eigenvalue weighted by Crippen LogP contribution is -2.14. The number of hydrogen-bond acceptors (Lipinski definition) is 4. The lowest BCUT2D eigenvalue weighted by atomic mass is 9.97. The van der Waals surface area contributed by atoms with E-state index in [9.17, 15) is 0 Å². The van der Waals surface area contributed by atoms with Crippen LogP contribution in [0.1, 0.15) is 49.1 Å². The molecule has 36 heavy (non-hydrogen) atoms. The van der Waals surface area contributed by atoms with Gasteiger partial charge in [0.2, 0.25) is 0 Å². The van der Waals surface area contributed by atoms with Crippen molar-refractivity contribution < 1.29 is 0 Å². The number of H-pyrrole nitrogens is 3. The predicted octanol–water partition coefficient (Wildman–Crippen LogP) is 5.63. The molecule has 1 aliphatic heterocycles. The maximum absolute atomic E-state index is 5.61. The summed E-state index contributed by atoms with van der Waals surface area (Å²) in [5.41, 5.74) is 14.7. The van der Waals surface area contributed by atoms with Gasteiger partial charge in [-0.2, -0.15) is 0 Å². The van der Waals surface area contributed by atoms with E-state index in [-0.39, 0.29) is 0 Å². The van der Waals surface area contributed by atoms with Crippen LogP contribution in [-0.2, 0) is 6.42 Å². The van der Waals surface area contributed by atoms with Gasteiger partial charge in [-0.15, -0.1) is 0 Å². The molecule has 0 bridgehead atoms. The lowest BCUT2D eigenvalue weighted by molar-refractivity contribution is 0.613. The van der Waals surface area contributed by atoms with Crippen LogP contribution in [0.25, 0.3) is 44.5 Å². The van der Waals surface area contributed by atoms with Crippen LogP contribution in [0.15, 0.2) is 54.9 Å². The number of benzene rings is 2. The Morgan fingerprint density at radius 1 is 0.889 bits per heavy atom. The van der Waals surface area contributed by atoms with Gasteiger partial charge in [0.25, 0.3) is 0 Å². The van der Waals surface area contributed by atoms with Crippen LogP contribution in [0.3, 0.4) is 0 Å². The molecular formula is C29H33N7. The fourth-order valence-electron chi connectivity index (χ4n) is 5.30. The standard InChI is InChI=1S/C29H33N7/c1-18-15-23-21(19-7-9-20(10-8-19)25-16-32-27(35-25)6-2-3-13-30)11-12-22(28(23)34-18)26-17-33-29(36-26)24-5-4-14-31-24/h7-12,15-17,24,31,34H,2-6,13-14,30H2,1H3,(H,32,35)(H,33,36). The monoisotopic (exact) mass is 479 g/mol. The molecule has 1 fully saturated rings. The summed E-state index contributed by atoms with van der Waals surface area (Å²) in [7, 11) is 0. The highest BCUT2D eigenvalue weighted by Crippen LogP contribution is 2.36.